The van der Waals surface area contributed by atoms with Crippen molar-refractivity contribution in [2.24, 2.45) is 22.6 Å². The summed E-state index contributed by atoms with van der Waals surface area (Å²) < 4.78 is 0. The van der Waals surface area contributed by atoms with Crippen LogP contribution in [0.2, 0.25) is 0 Å². The van der Waals surface area contributed by atoms with Crippen LogP contribution in [0.15, 0.2) is 4.99 Å². The van der Waals surface area contributed by atoms with Crippen LogP contribution in [0.5, 0.6) is 0 Å². The number of rotatable bonds is 7. The van der Waals surface area contributed by atoms with Gasteiger partial charge in [-0.2, -0.15) is 0 Å². The molecule has 1 amide bonds. The van der Waals surface area contributed by atoms with Crippen molar-refractivity contribution in [3.63, 3.8) is 0 Å². The molecule has 0 spiro atoms. The largest absolute Gasteiger partial charge is 0.370 e. The second-order valence-electron chi connectivity index (χ2n) is 7.87. The third kappa shape index (κ3) is 7.21. The first-order chi connectivity index (χ1) is 12.0. The summed E-state index contributed by atoms with van der Waals surface area (Å²) in [5.74, 6) is 1.77. The van der Waals surface area contributed by atoms with Crippen LogP contribution in [0.1, 0.15) is 52.9 Å². The lowest BCUT2D eigenvalue weighted by Crippen LogP contribution is -2.48. The van der Waals surface area contributed by atoms with Crippen LogP contribution in [0, 0.1) is 11.8 Å². The van der Waals surface area contributed by atoms with Crippen molar-refractivity contribution < 1.29 is 4.79 Å². The lowest BCUT2D eigenvalue weighted by molar-refractivity contribution is -0.119. The highest BCUT2D eigenvalue weighted by atomic mass is 127. The predicted octanol–water partition coefficient (Wildman–Crippen LogP) is 2.28. The number of aliphatic imine (C=N–C) groups is 1. The molecule has 0 bridgehead atoms. The number of carbonyl (C=O) groups is 1. The number of nitrogens with one attached hydrogen (secondary N) is 1. The molecule has 6 nitrogen and oxygen atoms in total. The molecule has 0 aromatic carbocycles. The van der Waals surface area contributed by atoms with E-state index in [0.29, 0.717) is 24.3 Å². The first-order valence-electron chi connectivity index (χ1n) is 10.1. The van der Waals surface area contributed by atoms with Gasteiger partial charge in [0.1, 0.15) is 0 Å². The molecule has 26 heavy (non-hydrogen) atoms. The SMILES string of the molecule is CCNC(=NCC(C(C)C)N1CCCC1)N1CCCC(CC(N)=O)C1.I. The van der Waals surface area contributed by atoms with E-state index >= 15 is 0 Å². The highest BCUT2D eigenvalue weighted by Gasteiger charge is 2.26. The number of hydrogen-bond acceptors (Lipinski definition) is 3. The van der Waals surface area contributed by atoms with Crippen molar-refractivity contribution in [3.05, 3.63) is 0 Å². The zero-order valence-electron chi connectivity index (χ0n) is 16.7. The maximum absolute atomic E-state index is 11.3. The van der Waals surface area contributed by atoms with Gasteiger partial charge in [0.25, 0.3) is 0 Å². The lowest BCUT2D eigenvalue weighted by Gasteiger charge is -2.35. The van der Waals surface area contributed by atoms with Crippen molar-refractivity contribution in [1.82, 2.24) is 15.1 Å². The predicted molar refractivity (Wildman–Crippen MR) is 119 cm³/mol. The summed E-state index contributed by atoms with van der Waals surface area (Å²) in [6.07, 6.45) is 5.30. The minimum Gasteiger partial charge on any atom is -0.370 e. The van der Waals surface area contributed by atoms with Crippen LogP contribution >= 0.6 is 24.0 Å². The van der Waals surface area contributed by atoms with E-state index in [1.807, 2.05) is 0 Å². The molecular weight excluding hydrogens is 441 g/mol. The maximum Gasteiger partial charge on any atom is 0.217 e. The monoisotopic (exact) mass is 479 g/mol. The average molecular weight is 479 g/mol. The second-order valence-corrected chi connectivity index (χ2v) is 7.87. The molecule has 3 N–H and O–H groups in total. The van der Waals surface area contributed by atoms with E-state index in [0.717, 1.165) is 45.0 Å². The maximum atomic E-state index is 11.3. The Hall–Kier alpha value is -0.570. The molecule has 2 fully saturated rings. The fourth-order valence-electron chi connectivity index (χ4n) is 4.14. The molecule has 0 aromatic heterocycles. The molecule has 2 atom stereocenters. The lowest BCUT2D eigenvalue weighted by atomic mass is 9.95. The van der Waals surface area contributed by atoms with Crippen LogP contribution in [0.25, 0.3) is 0 Å². The molecule has 7 heteroatoms. The molecule has 2 aliphatic rings. The standard InChI is InChI=1S/C19H37N5O.HI/c1-4-21-19(24-11-7-8-16(14-24)12-18(20)25)22-13-17(15(2)3)23-9-5-6-10-23;/h15-17H,4-14H2,1-3H3,(H2,20,25)(H,21,22);1H. The molecule has 2 rings (SSSR count). The smallest absolute Gasteiger partial charge is 0.217 e. The van der Waals surface area contributed by atoms with Gasteiger partial charge in [-0.15, -0.1) is 24.0 Å². The highest BCUT2D eigenvalue weighted by Crippen LogP contribution is 2.21. The van der Waals surface area contributed by atoms with Gasteiger partial charge in [-0.25, -0.2) is 0 Å². The molecule has 2 aliphatic heterocycles. The van der Waals surface area contributed by atoms with Gasteiger partial charge in [-0.3, -0.25) is 14.7 Å². The number of piperidine rings is 1. The van der Waals surface area contributed by atoms with Crippen molar-refractivity contribution in [2.75, 3.05) is 39.3 Å². The van der Waals surface area contributed by atoms with Crippen LogP contribution < -0.4 is 11.1 Å². The van der Waals surface area contributed by atoms with Gasteiger partial charge in [-0.05, 0) is 57.5 Å². The molecule has 2 heterocycles. The Bertz CT molecular complexity index is 451. The van der Waals surface area contributed by atoms with E-state index < -0.39 is 0 Å². The second kappa shape index (κ2) is 12.0. The first kappa shape index (κ1) is 23.5. The summed E-state index contributed by atoms with van der Waals surface area (Å²) in [4.78, 5) is 21.2. The summed E-state index contributed by atoms with van der Waals surface area (Å²) in [6.45, 7) is 12.7. The van der Waals surface area contributed by atoms with Gasteiger partial charge in [-0.1, -0.05) is 13.8 Å². The van der Waals surface area contributed by atoms with E-state index in [-0.39, 0.29) is 29.9 Å². The van der Waals surface area contributed by atoms with E-state index in [9.17, 15) is 4.79 Å². The Balaban J connectivity index is 0.00000338. The Labute approximate surface area is 176 Å². The summed E-state index contributed by atoms with van der Waals surface area (Å²) >= 11 is 0. The van der Waals surface area contributed by atoms with Crippen molar-refractivity contribution in [2.45, 2.75) is 58.9 Å². The van der Waals surface area contributed by atoms with Crippen LogP contribution in [-0.2, 0) is 4.79 Å². The quantitative estimate of drug-likeness (QED) is 0.334. The zero-order valence-corrected chi connectivity index (χ0v) is 19.1. The number of carbonyl (C=O) groups excluding carboxylic acids is 1. The topological polar surface area (TPSA) is 74.0 Å². The molecule has 2 saturated heterocycles. The minimum atomic E-state index is -0.192. The number of guanidine groups is 1. The van der Waals surface area contributed by atoms with E-state index in [1.54, 1.807) is 0 Å². The highest BCUT2D eigenvalue weighted by molar-refractivity contribution is 14.0. The normalized spacial score (nSPS) is 23.0. The van der Waals surface area contributed by atoms with Gasteiger partial charge >= 0.3 is 0 Å². The van der Waals surface area contributed by atoms with E-state index in [2.05, 4.69) is 35.9 Å². The number of nitrogens with zero attached hydrogens (tertiary/aromatic N) is 3. The van der Waals surface area contributed by atoms with Gasteiger partial charge < -0.3 is 16.0 Å². The van der Waals surface area contributed by atoms with Gasteiger partial charge in [0.05, 0.1) is 6.54 Å². The Morgan fingerprint density at radius 2 is 1.92 bits per heavy atom. The molecule has 0 radical (unpaired) electrons. The summed E-state index contributed by atoms with van der Waals surface area (Å²) in [5, 5.41) is 3.45. The van der Waals surface area contributed by atoms with Crippen LogP contribution in [0.3, 0.4) is 0 Å². The van der Waals surface area contributed by atoms with E-state index in [4.69, 9.17) is 10.7 Å². The zero-order chi connectivity index (χ0) is 18.2. The first-order valence-corrected chi connectivity index (χ1v) is 10.1. The van der Waals surface area contributed by atoms with Gasteiger partial charge in [0.2, 0.25) is 5.91 Å². The Morgan fingerprint density at radius 3 is 2.50 bits per heavy atom. The van der Waals surface area contributed by atoms with Crippen LogP contribution in [-0.4, -0.2) is 67.0 Å². The van der Waals surface area contributed by atoms with Crippen molar-refractivity contribution >= 4 is 35.8 Å². The van der Waals surface area contributed by atoms with Gasteiger partial charge in [0, 0.05) is 32.1 Å². The Kier molecular flexibility index (Phi) is 10.8. The number of amides is 1. The molecule has 0 saturated carbocycles. The van der Waals surface area contributed by atoms with E-state index in [1.165, 1.54) is 25.9 Å². The van der Waals surface area contributed by atoms with Crippen molar-refractivity contribution in [3.8, 4) is 0 Å². The third-order valence-electron chi connectivity index (χ3n) is 5.45. The fraction of sp³-hybridized carbons (Fsp3) is 0.895. The molecule has 0 aliphatic carbocycles. The molecular formula is C19H38IN5O. The van der Waals surface area contributed by atoms with Crippen molar-refractivity contribution in [1.29, 1.82) is 0 Å². The van der Waals surface area contributed by atoms with Crippen LogP contribution in [0.4, 0.5) is 0 Å². The third-order valence-corrected chi connectivity index (χ3v) is 5.45. The number of likely N-dealkylation sites (tertiary alicyclic amines) is 2. The molecule has 0 aromatic rings. The van der Waals surface area contributed by atoms with Gasteiger partial charge in [0.15, 0.2) is 5.96 Å². The fourth-order valence-corrected chi connectivity index (χ4v) is 4.14. The number of halogens is 1. The number of nitrogens with two attached hydrogens (primary N) is 1. The minimum absolute atomic E-state index is 0. The average Bonchev–Trinajstić information content (AvgIpc) is 3.07. The number of primary amides is 1. The summed E-state index contributed by atoms with van der Waals surface area (Å²) in [6, 6.07) is 0.516. The molecule has 2 unspecified atom stereocenters. The number of hydrogen-bond donors (Lipinski definition) is 2. The summed E-state index contributed by atoms with van der Waals surface area (Å²) in [5.41, 5.74) is 5.40. The Morgan fingerprint density at radius 1 is 1.23 bits per heavy atom. The molecule has 152 valence electrons. The summed E-state index contributed by atoms with van der Waals surface area (Å²) in [7, 11) is 0.